The standard InChI is InChI=1S/C22H21N3O2/c1-3-25-20-11-10-17(27-2)12-18(20)19(13-23)21(25)14-6-8-16(9-7-14)24-22(26)15-4-5-15/h6-12,15H,3-5H2,1-2H3,(H,24,26). The first-order valence-electron chi connectivity index (χ1n) is 9.18. The molecule has 1 heterocycles. The lowest BCUT2D eigenvalue weighted by molar-refractivity contribution is -0.117. The van der Waals surface area contributed by atoms with E-state index in [-0.39, 0.29) is 11.8 Å². The minimum Gasteiger partial charge on any atom is -0.497 e. The quantitative estimate of drug-likeness (QED) is 0.726. The molecular formula is C22H21N3O2. The van der Waals surface area contributed by atoms with E-state index in [0.29, 0.717) is 5.56 Å². The van der Waals surface area contributed by atoms with Crippen molar-refractivity contribution in [3.05, 3.63) is 48.0 Å². The van der Waals surface area contributed by atoms with Crippen LogP contribution in [0.25, 0.3) is 22.2 Å². The highest BCUT2D eigenvalue weighted by Crippen LogP contribution is 2.36. The molecule has 2 aromatic carbocycles. The first-order valence-corrected chi connectivity index (χ1v) is 9.18. The number of anilines is 1. The Morgan fingerprint density at radius 3 is 2.59 bits per heavy atom. The summed E-state index contributed by atoms with van der Waals surface area (Å²) < 4.78 is 7.47. The van der Waals surface area contributed by atoms with Gasteiger partial charge < -0.3 is 14.6 Å². The van der Waals surface area contributed by atoms with E-state index in [1.807, 2.05) is 42.5 Å². The van der Waals surface area contributed by atoms with Crippen LogP contribution in [0.15, 0.2) is 42.5 Å². The fourth-order valence-electron chi connectivity index (χ4n) is 3.50. The van der Waals surface area contributed by atoms with Gasteiger partial charge in [0.25, 0.3) is 0 Å². The van der Waals surface area contributed by atoms with Crippen molar-refractivity contribution in [3.8, 4) is 23.1 Å². The van der Waals surface area contributed by atoms with E-state index in [0.717, 1.165) is 53.0 Å². The maximum atomic E-state index is 11.9. The fourth-order valence-corrected chi connectivity index (χ4v) is 3.50. The molecular weight excluding hydrogens is 338 g/mol. The predicted octanol–water partition coefficient (Wildman–Crippen LogP) is 4.56. The summed E-state index contributed by atoms with van der Waals surface area (Å²) >= 11 is 0. The first kappa shape index (κ1) is 17.2. The summed E-state index contributed by atoms with van der Waals surface area (Å²) in [5.41, 5.74) is 4.28. The van der Waals surface area contributed by atoms with Gasteiger partial charge in [0.15, 0.2) is 0 Å². The molecule has 1 aromatic heterocycles. The smallest absolute Gasteiger partial charge is 0.227 e. The number of benzene rings is 2. The number of rotatable bonds is 5. The van der Waals surface area contributed by atoms with Gasteiger partial charge in [-0.25, -0.2) is 0 Å². The normalized spacial score (nSPS) is 13.4. The summed E-state index contributed by atoms with van der Waals surface area (Å²) in [6.45, 7) is 2.82. The molecule has 4 rings (SSSR count). The van der Waals surface area contributed by atoms with Crippen molar-refractivity contribution >= 4 is 22.5 Å². The highest BCUT2D eigenvalue weighted by Gasteiger charge is 2.29. The lowest BCUT2D eigenvalue weighted by atomic mass is 10.1. The molecule has 0 atom stereocenters. The van der Waals surface area contributed by atoms with Crippen LogP contribution in [0.1, 0.15) is 25.3 Å². The number of methoxy groups -OCH3 is 1. The van der Waals surface area contributed by atoms with Crippen molar-refractivity contribution in [1.82, 2.24) is 4.57 Å². The molecule has 1 N–H and O–H groups in total. The van der Waals surface area contributed by atoms with Gasteiger partial charge in [0, 0.05) is 23.5 Å². The van der Waals surface area contributed by atoms with Gasteiger partial charge in [0.2, 0.25) is 5.91 Å². The Bertz CT molecular complexity index is 1050. The Kier molecular flexibility index (Phi) is 4.33. The summed E-state index contributed by atoms with van der Waals surface area (Å²) in [5.74, 6) is 1.000. The molecule has 5 nitrogen and oxygen atoms in total. The summed E-state index contributed by atoms with van der Waals surface area (Å²) in [5, 5.41) is 13.7. The molecule has 1 aliphatic carbocycles. The molecule has 27 heavy (non-hydrogen) atoms. The van der Waals surface area contributed by atoms with Crippen LogP contribution in [0.5, 0.6) is 5.75 Å². The van der Waals surface area contributed by atoms with Crippen LogP contribution >= 0.6 is 0 Å². The van der Waals surface area contributed by atoms with Crippen LogP contribution in [0.4, 0.5) is 5.69 Å². The van der Waals surface area contributed by atoms with E-state index < -0.39 is 0 Å². The number of carbonyl (C=O) groups excluding carboxylic acids is 1. The minimum atomic E-state index is 0.0928. The molecule has 0 radical (unpaired) electrons. The van der Waals surface area contributed by atoms with Gasteiger partial charge in [-0.1, -0.05) is 12.1 Å². The molecule has 0 bridgehead atoms. The van der Waals surface area contributed by atoms with E-state index in [1.54, 1.807) is 7.11 Å². The van der Waals surface area contributed by atoms with Crippen LogP contribution in [0.2, 0.25) is 0 Å². The van der Waals surface area contributed by atoms with Gasteiger partial charge >= 0.3 is 0 Å². The zero-order chi connectivity index (χ0) is 19.0. The number of carbonyl (C=O) groups is 1. The maximum absolute atomic E-state index is 11.9. The van der Waals surface area contributed by atoms with Crippen LogP contribution in [-0.4, -0.2) is 17.6 Å². The van der Waals surface area contributed by atoms with Gasteiger partial charge in [-0.3, -0.25) is 4.79 Å². The number of nitrogens with zero attached hydrogens (tertiary/aromatic N) is 2. The molecule has 1 aliphatic rings. The second-order valence-electron chi connectivity index (χ2n) is 6.80. The number of amides is 1. The SMILES string of the molecule is CCn1c(-c2ccc(NC(=O)C3CC3)cc2)c(C#N)c2cc(OC)ccc21. The van der Waals surface area contributed by atoms with E-state index in [4.69, 9.17) is 4.74 Å². The molecule has 0 saturated heterocycles. The summed E-state index contributed by atoms with van der Waals surface area (Å²) in [6, 6.07) is 15.9. The highest BCUT2D eigenvalue weighted by atomic mass is 16.5. The molecule has 5 heteroatoms. The molecule has 1 saturated carbocycles. The number of ether oxygens (including phenoxy) is 1. The highest BCUT2D eigenvalue weighted by molar-refractivity contribution is 5.96. The largest absolute Gasteiger partial charge is 0.497 e. The zero-order valence-electron chi connectivity index (χ0n) is 15.5. The fraction of sp³-hybridized carbons (Fsp3) is 0.273. The van der Waals surface area contributed by atoms with Crippen molar-refractivity contribution in [2.45, 2.75) is 26.3 Å². The van der Waals surface area contributed by atoms with Gasteiger partial charge in [-0.05, 0) is 55.7 Å². The molecule has 136 valence electrons. The van der Waals surface area contributed by atoms with Crippen molar-refractivity contribution in [3.63, 3.8) is 0 Å². The van der Waals surface area contributed by atoms with Crippen molar-refractivity contribution in [2.75, 3.05) is 12.4 Å². The number of aromatic nitrogens is 1. The van der Waals surface area contributed by atoms with Gasteiger partial charge in [0.1, 0.15) is 11.8 Å². The number of nitrogens with one attached hydrogen (secondary N) is 1. The molecule has 1 fully saturated rings. The van der Waals surface area contributed by atoms with Gasteiger partial charge in [-0.2, -0.15) is 5.26 Å². The van der Waals surface area contributed by atoms with E-state index in [1.165, 1.54) is 0 Å². The topological polar surface area (TPSA) is 67.0 Å². The molecule has 0 spiro atoms. The zero-order valence-corrected chi connectivity index (χ0v) is 15.5. The number of fused-ring (bicyclic) bond motifs is 1. The van der Waals surface area contributed by atoms with Crippen LogP contribution in [0.3, 0.4) is 0 Å². The molecule has 1 amide bonds. The van der Waals surface area contributed by atoms with E-state index >= 15 is 0 Å². The minimum absolute atomic E-state index is 0.0928. The van der Waals surface area contributed by atoms with Crippen LogP contribution < -0.4 is 10.1 Å². The van der Waals surface area contributed by atoms with Crippen LogP contribution in [0, 0.1) is 17.2 Å². The van der Waals surface area contributed by atoms with E-state index in [2.05, 4.69) is 22.9 Å². The lowest BCUT2D eigenvalue weighted by Crippen LogP contribution is -2.13. The van der Waals surface area contributed by atoms with Gasteiger partial charge in [-0.15, -0.1) is 0 Å². The molecule has 3 aromatic rings. The van der Waals surface area contributed by atoms with E-state index in [9.17, 15) is 10.1 Å². The van der Waals surface area contributed by atoms with Gasteiger partial charge in [0.05, 0.1) is 23.9 Å². The number of aryl methyl sites for hydroxylation is 1. The van der Waals surface area contributed by atoms with Crippen molar-refractivity contribution < 1.29 is 9.53 Å². The summed E-state index contributed by atoms with van der Waals surface area (Å²) in [7, 11) is 1.62. The third-order valence-corrected chi connectivity index (χ3v) is 5.07. The Morgan fingerprint density at radius 1 is 1.26 bits per heavy atom. The average molecular weight is 359 g/mol. The average Bonchev–Trinajstić information content (AvgIpc) is 3.50. The monoisotopic (exact) mass is 359 g/mol. The summed E-state index contributed by atoms with van der Waals surface area (Å²) in [6.07, 6.45) is 1.96. The Labute approximate surface area is 158 Å². The number of hydrogen-bond acceptors (Lipinski definition) is 3. The molecule has 0 aliphatic heterocycles. The molecule has 0 unspecified atom stereocenters. The maximum Gasteiger partial charge on any atom is 0.227 e. The lowest BCUT2D eigenvalue weighted by Gasteiger charge is -2.10. The van der Waals surface area contributed by atoms with Crippen molar-refractivity contribution in [1.29, 1.82) is 5.26 Å². The third kappa shape index (κ3) is 3.04. The first-order chi connectivity index (χ1) is 13.2. The predicted molar refractivity (Wildman–Crippen MR) is 106 cm³/mol. The number of nitriles is 1. The third-order valence-electron chi connectivity index (χ3n) is 5.07. The van der Waals surface area contributed by atoms with Crippen LogP contribution in [-0.2, 0) is 11.3 Å². The Balaban J connectivity index is 1.78. The Hall–Kier alpha value is -3.26. The summed E-state index contributed by atoms with van der Waals surface area (Å²) in [4.78, 5) is 11.9. The number of hydrogen-bond donors (Lipinski definition) is 1. The second-order valence-corrected chi connectivity index (χ2v) is 6.80. The second kappa shape index (κ2) is 6.81. The Morgan fingerprint density at radius 2 is 2.00 bits per heavy atom. The van der Waals surface area contributed by atoms with Crippen molar-refractivity contribution in [2.24, 2.45) is 5.92 Å².